The van der Waals surface area contributed by atoms with Gasteiger partial charge in [-0.25, -0.2) is 0 Å². The molecule has 0 aromatic heterocycles. The molecular formula is C21H23N3O2. The van der Waals surface area contributed by atoms with Crippen molar-refractivity contribution < 1.29 is 9.53 Å². The molecule has 5 heteroatoms. The maximum atomic E-state index is 12.3. The van der Waals surface area contributed by atoms with Crippen LogP contribution < -0.4 is 10.6 Å². The molecule has 5 nitrogen and oxygen atoms in total. The minimum Gasteiger partial charge on any atom is -0.376 e. The number of hydrogen-bond acceptors (Lipinski definition) is 4. The number of hydrogen-bond donors (Lipinski definition) is 2. The van der Waals surface area contributed by atoms with Crippen molar-refractivity contribution in [1.29, 1.82) is 5.26 Å². The van der Waals surface area contributed by atoms with Gasteiger partial charge in [0.2, 0.25) is 0 Å². The molecule has 3 rings (SSSR count). The minimum atomic E-state index is -0.0607. The highest BCUT2D eigenvalue weighted by Crippen LogP contribution is 2.11. The molecular weight excluding hydrogens is 326 g/mol. The maximum Gasteiger partial charge on any atom is 0.251 e. The van der Waals surface area contributed by atoms with Gasteiger partial charge in [0.25, 0.3) is 5.91 Å². The normalized spacial score (nSPS) is 16.2. The second-order valence-corrected chi connectivity index (χ2v) is 6.46. The lowest BCUT2D eigenvalue weighted by Crippen LogP contribution is -2.31. The van der Waals surface area contributed by atoms with Crippen molar-refractivity contribution in [3.63, 3.8) is 0 Å². The predicted octanol–water partition coefficient (Wildman–Crippen LogP) is 2.76. The molecule has 0 bridgehead atoms. The summed E-state index contributed by atoms with van der Waals surface area (Å²) in [5.74, 6) is -0.0607. The molecule has 1 heterocycles. The number of ether oxygens (including phenoxy) is 1. The fourth-order valence-corrected chi connectivity index (χ4v) is 2.98. The maximum absolute atomic E-state index is 12.3. The van der Waals surface area contributed by atoms with Gasteiger partial charge in [0.15, 0.2) is 0 Å². The van der Waals surface area contributed by atoms with Gasteiger partial charge in [0, 0.05) is 31.8 Å². The Bertz CT molecular complexity index is 775. The smallest absolute Gasteiger partial charge is 0.251 e. The van der Waals surface area contributed by atoms with Crippen LogP contribution in [-0.2, 0) is 17.8 Å². The molecule has 0 aliphatic carbocycles. The first kappa shape index (κ1) is 18.1. The SMILES string of the molecule is N#Cc1ccc(CNCc2cccc(C(=O)NCC3CCCO3)c2)cc1. The van der Waals surface area contributed by atoms with Crippen LogP contribution in [0.5, 0.6) is 0 Å². The molecule has 0 spiro atoms. The summed E-state index contributed by atoms with van der Waals surface area (Å²) in [5.41, 5.74) is 3.51. The Morgan fingerprint density at radius 2 is 1.96 bits per heavy atom. The van der Waals surface area contributed by atoms with Crippen LogP contribution in [-0.4, -0.2) is 25.2 Å². The minimum absolute atomic E-state index is 0.0607. The van der Waals surface area contributed by atoms with Crippen LogP contribution in [0.4, 0.5) is 0 Å². The van der Waals surface area contributed by atoms with Crippen molar-refractivity contribution in [2.75, 3.05) is 13.2 Å². The summed E-state index contributed by atoms with van der Waals surface area (Å²) in [6.45, 7) is 2.74. The topological polar surface area (TPSA) is 74.2 Å². The highest BCUT2D eigenvalue weighted by molar-refractivity contribution is 5.94. The van der Waals surface area contributed by atoms with Crippen LogP contribution in [0.3, 0.4) is 0 Å². The van der Waals surface area contributed by atoms with Crippen LogP contribution in [0, 0.1) is 11.3 Å². The van der Waals surface area contributed by atoms with Gasteiger partial charge in [-0.15, -0.1) is 0 Å². The van der Waals surface area contributed by atoms with Crippen molar-refractivity contribution in [2.24, 2.45) is 0 Å². The Hall–Kier alpha value is -2.68. The first-order valence-corrected chi connectivity index (χ1v) is 8.93. The fourth-order valence-electron chi connectivity index (χ4n) is 2.98. The second-order valence-electron chi connectivity index (χ2n) is 6.46. The average molecular weight is 349 g/mol. The van der Waals surface area contributed by atoms with E-state index in [0.29, 0.717) is 30.8 Å². The molecule has 2 aromatic carbocycles. The molecule has 1 atom stereocenters. The monoisotopic (exact) mass is 349 g/mol. The number of nitrogens with one attached hydrogen (secondary N) is 2. The summed E-state index contributed by atoms with van der Waals surface area (Å²) in [4.78, 5) is 12.3. The lowest BCUT2D eigenvalue weighted by Gasteiger charge is -2.11. The summed E-state index contributed by atoms with van der Waals surface area (Å²) in [6.07, 6.45) is 2.23. The van der Waals surface area contributed by atoms with Gasteiger partial charge in [-0.2, -0.15) is 5.26 Å². The molecule has 1 amide bonds. The van der Waals surface area contributed by atoms with Gasteiger partial charge in [0.05, 0.1) is 17.7 Å². The van der Waals surface area contributed by atoms with Crippen molar-refractivity contribution >= 4 is 5.91 Å². The van der Waals surface area contributed by atoms with E-state index in [1.807, 2.05) is 48.5 Å². The molecule has 1 saturated heterocycles. The summed E-state index contributed by atoms with van der Waals surface area (Å²) in [7, 11) is 0. The average Bonchev–Trinajstić information content (AvgIpc) is 3.20. The first-order valence-electron chi connectivity index (χ1n) is 8.93. The Morgan fingerprint density at radius 1 is 1.15 bits per heavy atom. The molecule has 0 saturated carbocycles. The summed E-state index contributed by atoms with van der Waals surface area (Å²) in [6, 6.07) is 17.3. The largest absolute Gasteiger partial charge is 0.376 e. The first-order chi connectivity index (χ1) is 12.7. The zero-order valence-electron chi connectivity index (χ0n) is 14.7. The predicted molar refractivity (Wildman–Crippen MR) is 99.4 cm³/mol. The molecule has 1 aliphatic heterocycles. The van der Waals surface area contributed by atoms with Crippen molar-refractivity contribution in [2.45, 2.75) is 32.0 Å². The number of carbonyl (C=O) groups is 1. The van der Waals surface area contributed by atoms with Crippen LogP contribution in [0.2, 0.25) is 0 Å². The lowest BCUT2D eigenvalue weighted by atomic mass is 10.1. The Kier molecular flexibility index (Phi) is 6.37. The Morgan fingerprint density at radius 3 is 2.69 bits per heavy atom. The molecule has 1 unspecified atom stereocenters. The van der Waals surface area contributed by atoms with E-state index in [2.05, 4.69) is 16.7 Å². The van der Waals surface area contributed by atoms with Gasteiger partial charge in [-0.3, -0.25) is 4.79 Å². The number of carbonyl (C=O) groups excluding carboxylic acids is 1. The van der Waals surface area contributed by atoms with E-state index >= 15 is 0 Å². The zero-order valence-corrected chi connectivity index (χ0v) is 14.7. The highest BCUT2D eigenvalue weighted by Gasteiger charge is 2.16. The zero-order chi connectivity index (χ0) is 18.2. The van der Waals surface area contributed by atoms with E-state index in [1.54, 1.807) is 0 Å². The van der Waals surface area contributed by atoms with Crippen molar-refractivity contribution in [3.8, 4) is 6.07 Å². The number of amides is 1. The van der Waals surface area contributed by atoms with Crippen LogP contribution in [0.25, 0.3) is 0 Å². The Balaban J connectivity index is 1.48. The van der Waals surface area contributed by atoms with E-state index in [-0.39, 0.29) is 12.0 Å². The van der Waals surface area contributed by atoms with Gasteiger partial charge >= 0.3 is 0 Å². The fraction of sp³-hybridized carbons (Fsp3) is 0.333. The lowest BCUT2D eigenvalue weighted by molar-refractivity contribution is 0.0857. The summed E-state index contributed by atoms with van der Waals surface area (Å²) >= 11 is 0. The van der Waals surface area contributed by atoms with Crippen molar-refractivity contribution in [1.82, 2.24) is 10.6 Å². The third kappa shape index (κ3) is 5.16. The van der Waals surface area contributed by atoms with Crippen molar-refractivity contribution in [3.05, 3.63) is 70.8 Å². The van der Waals surface area contributed by atoms with Gasteiger partial charge in [0.1, 0.15) is 0 Å². The quantitative estimate of drug-likeness (QED) is 0.806. The molecule has 2 aromatic rings. The number of nitrogens with zero attached hydrogens (tertiary/aromatic N) is 1. The highest BCUT2D eigenvalue weighted by atomic mass is 16.5. The number of benzene rings is 2. The third-order valence-corrected chi connectivity index (χ3v) is 4.44. The van der Waals surface area contributed by atoms with Crippen LogP contribution in [0.1, 0.15) is 39.9 Å². The molecule has 26 heavy (non-hydrogen) atoms. The van der Waals surface area contributed by atoms with Gasteiger partial charge in [-0.05, 0) is 48.2 Å². The van der Waals surface area contributed by atoms with Gasteiger partial charge < -0.3 is 15.4 Å². The van der Waals surface area contributed by atoms with E-state index in [9.17, 15) is 4.79 Å². The standard InChI is InChI=1S/C21H23N3O2/c22-12-16-6-8-17(9-7-16)13-23-14-18-3-1-4-19(11-18)21(25)24-15-20-5-2-10-26-20/h1,3-4,6-9,11,20,23H,2,5,10,13-15H2,(H,24,25). The van der Waals surface area contributed by atoms with E-state index in [0.717, 1.165) is 30.6 Å². The van der Waals surface area contributed by atoms with Crippen LogP contribution >= 0.6 is 0 Å². The van der Waals surface area contributed by atoms with E-state index < -0.39 is 0 Å². The third-order valence-electron chi connectivity index (χ3n) is 4.44. The van der Waals surface area contributed by atoms with E-state index in [4.69, 9.17) is 10.00 Å². The molecule has 0 radical (unpaired) electrons. The molecule has 1 fully saturated rings. The van der Waals surface area contributed by atoms with Gasteiger partial charge in [-0.1, -0.05) is 24.3 Å². The second kappa shape index (κ2) is 9.14. The Labute approximate surface area is 154 Å². The molecule has 2 N–H and O–H groups in total. The molecule has 1 aliphatic rings. The summed E-state index contributed by atoms with van der Waals surface area (Å²) in [5, 5.41) is 15.1. The number of nitriles is 1. The molecule has 134 valence electrons. The summed E-state index contributed by atoms with van der Waals surface area (Å²) < 4.78 is 5.53. The van der Waals surface area contributed by atoms with E-state index in [1.165, 1.54) is 0 Å². The number of rotatable bonds is 7. The van der Waals surface area contributed by atoms with Crippen LogP contribution in [0.15, 0.2) is 48.5 Å².